The van der Waals surface area contributed by atoms with Crippen molar-refractivity contribution >= 4 is 17.3 Å². The number of hydrogen-bond acceptors (Lipinski definition) is 4. The summed E-state index contributed by atoms with van der Waals surface area (Å²) in [5, 5.41) is 2.72. The quantitative estimate of drug-likeness (QED) is 0.755. The summed E-state index contributed by atoms with van der Waals surface area (Å²) < 4.78 is 0. The average molecular weight is 208 g/mol. The van der Waals surface area contributed by atoms with Gasteiger partial charge in [0.1, 0.15) is 0 Å². The molecule has 5 nitrogen and oxygen atoms in total. The Morgan fingerprint density at radius 2 is 2.27 bits per heavy atom. The number of carbonyl (C=O) groups is 1. The predicted molar refractivity (Wildman–Crippen MR) is 60.8 cm³/mol. The maximum atomic E-state index is 11.4. The van der Waals surface area contributed by atoms with Crippen LogP contribution in [0.5, 0.6) is 0 Å². The van der Waals surface area contributed by atoms with E-state index in [1.54, 1.807) is 19.3 Å². The molecule has 0 unspecified atom stereocenters. The fourth-order valence-electron chi connectivity index (χ4n) is 1.12. The van der Waals surface area contributed by atoms with Gasteiger partial charge >= 0.3 is 0 Å². The Bertz CT molecular complexity index is 349. The molecule has 0 spiro atoms. The number of nitrogens with zero attached hydrogens (tertiary/aromatic N) is 2. The fraction of sp³-hybridized carbons (Fsp3) is 0.400. The summed E-state index contributed by atoms with van der Waals surface area (Å²) in [7, 11) is 3.80. The maximum Gasteiger partial charge on any atom is 0.241 e. The van der Waals surface area contributed by atoms with Crippen molar-refractivity contribution in [1.82, 2.24) is 4.98 Å². The molecule has 1 heterocycles. The van der Waals surface area contributed by atoms with Crippen molar-refractivity contribution in [2.75, 3.05) is 24.3 Å². The molecule has 0 bridgehead atoms. The van der Waals surface area contributed by atoms with E-state index in [9.17, 15) is 4.79 Å². The average Bonchev–Trinajstić information content (AvgIpc) is 2.18. The minimum atomic E-state index is -0.528. The van der Waals surface area contributed by atoms with Crippen molar-refractivity contribution in [3.8, 4) is 0 Å². The van der Waals surface area contributed by atoms with Crippen LogP contribution in [-0.4, -0.2) is 31.0 Å². The summed E-state index contributed by atoms with van der Waals surface area (Å²) in [4.78, 5) is 17.3. The van der Waals surface area contributed by atoms with Gasteiger partial charge < -0.3 is 16.0 Å². The van der Waals surface area contributed by atoms with E-state index in [-0.39, 0.29) is 5.91 Å². The maximum absolute atomic E-state index is 11.4. The van der Waals surface area contributed by atoms with E-state index in [1.807, 2.05) is 25.1 Å². The molecular formula is C10H16N4O. The molecule has 0 saturated carbocycles. The van der Waals surface area contributed by atoms with Crippen LogP contribution in [0.4, 0.5) is 11.4 Å². The number of anilines is 2. The molecule has 0 aliphatic rings. The number of nitrogens with two attached hydrogens (primary N) is 1. The second kappa shape index (κ2) is 4.75. The molecule has 0 aliphatic carbocycles. The van der Waals surface area contributed by atoms with Crippen molar-refractivity contribution < 1.29 is 4.79 Å². The lowest BCUT2D eigenvalue weighted by Gasteiger charge is -2.17. The van der Waals surface area contributed by atoms with Gasteiger partial charge in [0.25, 0.3) is 0 Å². The van der Waals surface area contributed by atoms with Crippen molar-refractivity contribution in [3.05, 3.63) is 18.5 Å². The van der Waals surface area contributed by atoms with Gasteiger partial charge in [0.05, 0.1) is 23.6 Å². The lowest BCUT2D eigenvalue weighted by atomic mass is 10.3. The zero-order valence-electron chi connectivity index (χ0n) is 9.19. The summed E-state index contributed by atoms with van der Waals surface area (Å²) in [5.41, 5.74) is 7.04. The van der Waals surface area contributed by atoms with Crippen molar-refractivity contribution in [3.63, 3.8) is 0 Å². The first-order chi connectivity index (χ1) is 7.02. The number of rotatable bonds is 3. The molecule has 0 fully saturated rings. The highest BCUT2D eigenvalue weighted by atomic mass is 16.2. The van der Waals surface area contributed by atoms with E-state index in [2.05, 4.69) is 10.3 Å². The van der Waals surface area contributed by atoms with Crippen molar-refractivity contribution in [2.45, 2.75) is 13.0 Å². The topological polar surface area (TPSA) is 71.2 Å². The van der Waals surface area contributed by atoms with E-state index >= 15 is 0 Å². The van der Waals surface area contributed by atoms with Crippen LogP contribution in [-0.2, 0) is 4.79 Å². The highest BCUT2D eigenvalue weighted by Crippen LogP contribution is 2.21. The van der Waals surface area contributed by atoms with Crippen LogP contribution >= 0.6 is 0 Å². The molecule has 5 heteroatoms. The van der Waals surface area contributed by atoms with Crippen LogP contribution in [0, 0.1) is 0 Å². The van der Waals surface area contributed by atoms with Crippen molar-refractivity contribution in [2.24, 2.45) is 5.73 Å². The SMILES string of the molecule is C[C@@H](N)C(=O)Nc1cnccc1N(C)C. The van der Waals surface area contributed by atoms with Gasteiger partial charge in [0, 0.05) is 20.3 Å². The van der Waals surface area contributed by atoms with Gasteiger partial charge in [0.15, 0.2) is 0 Å². The molecule has 1 rings (SSSR count). The van der Waals surface area contributed by atoms with Gasteiger partial charge in [-0.1, -0.05) is 0 Å². The van der Waals surface area contributed by atoms with Crippen LogP contribution in [0.2, 0.25) is 0 Å². The van der Waals surface area contributed by atoms with Gasteiger partial charge in [0.2, 0.25) is 5.91 Å². The van der Waals surface area contributed by atoms with Gasteiger partial charge in [-0.05, 0) is 13.0 Å². The smallest absolute Gasteiger partial charge is 0.241 e. The monoisotopic (exact) mass is 208 g/mol. The van der Waals surface area contributed by atoms with E-state index in [0.29, 0.717) is 5.69 Å². The van der Waals surface area contributed by atoms with Crippen LogP contribution in [0.1, 0.15) is 6.92 Å². The minimum Gasteiger partial charge on any atom is -0.376 e. The number of amides is 1. The third-order valence-corrected chi connectivity index (χ3v) is 1.95. The predicted octanol–water partition coefficient (Wildman–Crippen LogP) is 0.433. The second-order valence-corrected chi connectivity index (χ2v) is 3.57. The van der Waals surface area contributed by atoms with Crippen LogP contribution in [0.15, 0.2) is 18.5 Å². The fourth-order valence-corrected chi connectivity index (χ4v) is 1.12. The first kappa shape index (κ1) is 11.5. The molecule has 1 aromatic heterocycles. The van der Waals surface area contributed by atoms with E-state index < -0.39 is 6.04 Å². The summed E-state index contributed by atoms with van der Waals surface area (Å²) in [6, 6.07) is 1.30. The first-order valence-corrected chi connectivity index (χ1v) is 4.70. The second-order valence-electron chi connectivity index (χ2n) is 3.57. The standard InChI is InChI=1S/C10H16N4O/c1-7(11)10(15)13-8-6-12-5-4-9(8)14(2)3/h4-7H,11H2,1-3H3,(H,13,15)/t7-/m1/s1. The normalized spacial score (nSPS) is 12.0. The van der Waals surface area contributed by atoms with Crippen LogP contribution in [0.3, 0.4) is 0 Å². The lowest BCUT2D eigenvalue weighted by molar-refractivity contribution is -0.117. The van der Waals surface area contributed by atoms with Crippen LogP contribution < -0.4 is 16.0 Å². The van der Waals surface area contributed by atoms with Gasteiger partial charge in [-0.15, -0.1) is 0 Å². The minimum absolute atomic E-state index is 0.217. The third kappa shape index (κ3) is 2.92. The highest BCUT2D eigenvalue weighted by molar-refractivity contribution is 5.97. The molecule has 0 radical (unpaired) electrons. The van der Waals surface area contributed by atoms with Gasteiger partial charge in [-0.25, -0.2) is 0 Å². The molecule has 1 atom stereocenters. The van der Waals surface area contributed by atoms with E-state index in [4.69, 9.17) is 5.73 Å². The number of carbonyl (C=O) groups excluding carboxylic acids is 1. The largest absolute Gasteiger partial charge is 0.376 e. The molecule has 82 valence electrons. The van der Waals surface area contributed by atoms with Gasteiger partial charge in [-0.2, -0.15) is 0 Å². The summed E-state index contributed by atoms with van der Waals surface area (Å²) in [6.07, 6.45) is 3.28. The Hall–Kier alpha value is -1.62. The summed E-state index contributed by atoms with van der Waals surface area (Å²) in [5.74, 6) is -0.217. The molecule has 0 saturated heterocycles. The Labute approximate surface area is 89.3 Å². The molecule has 1 aromatic rings. The summed E-state index contributed by atoms with van der Waals surface area (Å²) >= 11 is 0. The summed E-state index contributed by atoms with van der Waals surface area (Å²) in [6.45, 7) is 1.64. The highest BCUT2D eigenvalue weighted by Gasteiger charge is 2.11. The number of nitrogens with one attached hydrogen (secondary N) is 1. The Morgan fingerprint density at radius 3 is 2.80 bits per heavy atom. The molecule has 0 aliphatic heterocycles. The molecule has 15 heavy (non-hydrogen) atoms. The number of hydrogen-bond donors (Lipinski definition) is 2. The Kier molecular flexibility index (Phi) is 3.62. The number of aromatic nitrogens is 1. The van der Waals surface area contributed by atoms with E-state index in [1.165, 1.54) is 0 Å². The number of pyridine rings is 1. The first-order valence-electron chi connectivity index (χ1n) is 4.70. The van der Waals surface area contributed by atoms with E-state index in [0.717, 1.165) is 5.69 Å². The Balaban J connectivity index is 2.89. The zero-order chi connectivity index (χ0) is 11.4. The zero-order valence-corrected chi connectivity index (χ0v) is 9.19. The molecule has 1 amide bonds. The van der Waals surface area contributed by atoms with Gasteiger partial charge in [-0.3, -0.25) is 9.78 Å². The molecule has 0 aromatic carbocycles. The van der Waals surface area contributed by atoms with Crippen molar-refractivity contribution in [1.29, 1.82) is 0 Å². The molecule has 3 N–H and O–H groups in total. The Morgan fingerprint density at radius 1 is 1.60 bits per heavy atom. The lowest BCUT2D eigenvalue weighted by Crippen LogP contribution is -2.33. The van der Waals surface area contributed by atoms with Crippen LogP contribution in [0.25, 0.3) is 0 Å². The molecular weight excluding hydrogens is 192 g/mol. The third-order valence-electron chi connectivity index (χ3n) is 1.95.